The highest BCUT2D eigenvalue weighted by Gasteiger charge is 2.22. The zero-order valence-corrected chi connectivity index (χ0v) is 14.0. The summed E-state index contributed by atoms with van der Waals surface area (Å²) in [6.07, 6.45) is 1.29. The predicted molar refractivity (Wildman–Crippen MR) is 88.9 cm³/mol. The summed E-state index contributed by atoms with van der Waals surface area (Å²) in [4.78, 5) is 8.10. The Balaban J connectivity index is 2.34. The maximum atomic E-state index is 14.6. The van der Waals surface area contributed by atoms with E-state index in [1.54, 1.807) is 0 Å². The van der Waals surface area contributed by atoms with Crippen LogP contribution in [0.4, 0.5) is 14.6 Å². The van der Waals surface area contributed by atoms with Gasteiger partial charge in [-0.2, -0.15) is 24.8 Å². The topological polar surface area (TPSA) is 78.9 Å². The maximum Gasteiger partial charge on any atom is 0.255 e. The molecule has 0 unspecified atom stereocenters. The van der Waals surface area contributed by atoms with Crippen LogP contribution in [0.15, 0.2) is 18.5 Å². The molecule has 0 aliphatic carbocycles. The van der Waals surface area contributed by atoms with Gasteiger partial charge in [0.2, 0.25) is 0 Å². The van der Waals surface area contributed by atoms with Crippen LogP contribution in [0.3, 0.4) is 0 Å². The maximum absolute atomic E-state index is 14.6. The average molecular weight is 342 g/mol. The van der Waals surface area contributed by atoms with Crippen molar-refractivity contribution in [3.05, 3.63) is 41.4 Å². The number of halogens is 2. The van der Waals surface area contributed by atoms with Crippen molar-refractivity contribution in [2.24, 2.45) is 5.92 Å². The first-order chi connectivity index (χ1) is 11.9. The smallest absolute Gasteiger partial charge is 0.255 e. The van der Waals surface area contributed by atoms with E-state index in [9.17, 15) is 14.0 Å². The van der Waals surface area contributed by atoms with Gasteiger partial charge in [0.25, 0.3) is 5.78 Å². The van der Waals surface area contributed by atoms with Crippen molar-refractivity contribution in [2.75, 3.05) is 11.9 Å². The van der Waals surface area contributed by atoms with Gasteiger partial charge in [0, 0.05) is 12.1 Å². The number of hydrogen-bond donors (Lipinski definition) is 1. The summed E-state index contributed by atoms with van der Waals surface area (Å²) < 4.78 is 30.0. The standard InChI is InChI=1S/C17H16F2N6/c1-9(2)7-21-16-15(11-5-12(18)10(3)4-13(11)19)14(6-20)24-17-22-8-23-25(16)17/h4-5,8-9,21H,7H2,1-3H3. The van der Waals surface area contributed by atoms with Gasteiger partial charge in [0.15, 0.2) is 5.69 Å². The minimum Gasteiger partial charge on any atom is -0.369 e. The quantitative estimate of drug-likeness (QED) is 0.787. The van der Waals surface area contributed by atoms with Crippen LogP contribution in [0.1, 0.15) is 25.1 Å². The molecule has 2 heterocycles. The highest BCUT2D eigenvalue weighted by atomic mass is 19.1. The van der Waals surface area contributed by atoms with Crippen LogP contribution in [0.25, 0.3) is 16.9 Å². The first-order valence-corrected chi connectivity index (χ1v) is 7.76. The molecule has 0 radical (unpaired) electrons. The normalized spacial score (nSPS) is 11.1. The van der Waals surface area contributed by atoms with E-state index in [0.29, 0.717) is 12.4 Å². The van der Waals surface area contributed by atoms with E-state index in [0.717, 1.165) is 12.1 Å². The van der Waals surface area contributed by atoms with Crippen molar-refractivity contribution in [1.29, 1.82) is 5.26 Å². The van der Waals surface area contributed by atoms with Gasteiger partial charge < -0.3 is 5.32 Å². The number of nitriles is 1. The fourth-order valence-corrected chi connectivity index (χ4v) is 2.48. The number of aromatic nitrogens is 4. The number of fused-ring (bicyclic) bond motifs is 1. The molecular weight excluding hydrogens is 326 g/mol. The number of nitrogens with one attached hydrogen (secondary N) is 1. The van der Waals surface area contributed by atoms with Gasteiger partial charge in [-0.15, -0.1) is 0 Å². The molecule has 0 atom stereocenters. The van der Waals surface area contributed by atoms with Gasteiger partial charge in [-0.05, 0) is 30.5 Å². The lowest BCUT2D eigenvalue weighted by Gasteiger charge is -2.16. The molecule has 6 nitrogen and oxygen atoms in total. The zero-order chi connectivity index (χ0) is 18.1. The third kappa shape index (κ3) is 3.01. The summed E-state index contributed by atoms with van der Waals surface area (Å²) in [5.41, 5.74) is 0.258. The zero-order valence-electron chi connectivity index (χ0n) is 14.0. The Kier molecular flexibility index (Phi) is 4.31. The number of benzene rings is 1. The fourth-order valence-electron chi connectivity index (χ4n) is 2.48. The van der Waals surface area contributed by atoms with E-state index in [1.165, 1.54) is 17.8 Å². The Morgan fingerprint density at radius 1 is 1.28 bits per heavy atom. The summed E-state index contributed by atoms with van der Waals surface area (Å²) >= 11 is 0. The first-order valence-electron chi connectivity index (χ1n) is 7.76. The lowest BCUT2D eigenvalue weighted by molar-refractivity contribution is 0.595. The molecule has 0 saturated carbocycles. The first kappa shape index (κ1) is 16.8. The molecule has 2 aromatic heterocycles. The summed E-state index contributed by atoms with van der Waals surface area (Å²) in [7, 11) is 0. The molecule has 0 bridgehead atoms. The number of hydrogen-bond acceptors (Lipinski definition) is 5. The number of aryl methyl sites for hydroxylation is 1. The molecule has 0 saturated heterocycles. The highest BCUT2D eigenvalue weighted by molar-refractivity contribution is 5.81. The lowest BCUT2D eigenvalue weighted by Crippen LogP contribution is -2.14. The molecule has 0 spiro atoms. The summed E-state index contributed by atoms with van der Waals surface area (Å²) in [6.45, 7) is 6.03. The van der Waals surface area contributed by atoms with Crippen LogP contribution < -0.4 is 5.32 Å². The molecule has 128 valence electrons. The van der Waals surface area contributed by atoms with Crippen molar-refractivity contribution in [2.45, 2.75) is 20.8 Å². The average Bonchev–Trinajstić information content (AvgIpc) is 3.03. The van der Waals surface area contributed by atoms with Crippen LogP contribution in [0.5, 0.6) is 0 Å². The second-order valence-electron chi connectivity index (χ2n) is 6.12. The Morgan fingerprint density at radius 2 is 2.04 bits per heavy atom. The van der Waals surface area contributed by atoms with Crippen molar-refractivity contribution in [1.82, 2.24) is 19.6 Å². The molecule has 3 aromatic rings. The number of rotatable bonds is 4. The Labute approximate surface area is 143 Å². The monoisotopic (exact) mass is 342 g/mol. The molecule has 0 fully saturated rings. The van der Waals surface area contributed by atoms with Gasteiger partial charge in [0.05, 0.1) is 5.56 Å². The van der Waals surface area contributed by atoms with Gasteiger partial charge in [-0.1, -0.05) is 13.8 Å². The lowest BCUT2D eigenvalue weighted by atomic mass is 10.0. The third-order valence-electron chi connectivity index (χ3n) is 3.73. The van der Waals surface area contributed by atoms with E-state index < -0.39 is 11.6 Å². The van der Waals surface area contributed by atoms with Crippen molar-refractivity contribution in [3.8, 4) is 17.2 Å². The Hall–Kier alpha value is -3.08. The predicted octanol–water partition coefficient (Wildman–Crippen LogP) is 3.32. The van der Waals surface area contributed by atoms with E-state index >= 15 is 0 Å². The molecule has 1 aromatic carbocycles. The molecular formula is C17H16F2N6. The molecule has 25 heavy (non-hydrogen) atoms. The fraction of sp³-hybridized carbons (Fsp3) is 0.294. The van der Waals surface area contributed by atoms with E-state index in [4.69, 9.17) is 0 Å². The van der Waals surface area contributed by atoms with E-state index in [1.807, 2.05) is 19.9 Å². The Morgan fingerprint density at radius 3 is 2.72 bits per heavy atom. The number of nitrogens with zero attached hydrogens (tertiary/aromatic N) is 5. The molecule has 3 rings (SSSR count). The number of anilines is 1. The van der Waals surface area contributed by atoms with Crippen LogP contribution in [-0.4, -0.2) is 26.1 Å². The SMILES string of the molecule is Cc1cc(F)c(-c2c(C#N)nc3ncnn3c2NCC(C)C)cc1F. The summed E-state index contributed by atoms with van der Waals surface area (Å²) in [5, 5.41) is 16.7. The van der Waals surface area contributed by atoms with Gasteiger partial charge in [-0.25, -0.2) is 8.78 Å². The van der Waals surface area contributed by atoms with Crippen LogP contribution >= 0.6 is 0 Å². The van der Waals surface area contributed by atoms with Crippen LogP contribution in [0.2, 0.25) is 0 Å². The van der Waals surface area contributed by atoms with Gasteiger partial charge in [0.1, 0.15) is 29.8 Å². The van der Waals surface area contributed by atoms with Crippen molar-refractivity contribution in [3.63, 3.8) is 0 Å². The molecule has 0 aliphatic rings. The highest BCUT2D eigenvalue weighted by Crippen LogP contribution is 2.34. The second kappa shape index (κ2) is 6.43. The van der Waals surface area contributed by atoms with Crippen LogP contribution in [-0.2, 0) is 0 Å². The van der Waals surface area contributed by atoms with Gasteiger partial charge in [-0.3, -0.25) is 0 Å². The molecule has 0 amide bonds. The summed E-state index contributed by atoms with van der Waals surface area (Å²) in [6, 6.07) is 4.12. The van der Waals surface area contributed by atoms with Crippen molar-refractivity contribution >= 4 is 11.6 Å². The van der Waals surface area contributed by atoms with E-state index in [-0.39, 0.29) is 34.1 Å². The molecule has 8 heteroatoms. The van der Waals surface area contributed by atoms with Gasteiger partial charge >= 0.3 is 0 Å². The largest absolute Gasteiger partial charge is 0.369 e. The minimum atomic E-state index is -0.635. The third-order valence-corrected chi connectivity index (χ3v) is 3.73. The Bertz CT molecular complexity index is 987. The molecule has 0 aliphatic heterocycles. The molecule has 1 N–H and O–H groups in total. The van der Waals surface area contributed by atoms with E-state index in [2.05, 4.69) is 20.4 Å². The van der Waals surface area contributed by atoms with Crippen molar-refractivity contribution < 1.29 is 8.78 Å². The summed E-state index contributed by atoms with van der Waals surface area (Å²) in [5.74, 6) is -0.350. The van der Waals surface area contributed by atoms with Crippen LogP contribution in [0, 0.1) is 35.8 Å². The minimum absolute atomic E-state index is 0.0455. The second-order valence-corrected chi connectivity index (χ2v) is 6.12.